The molecule has 0 spiro atoms. The van der Waals surface area contributed by atoms with Gasteiger partial charge in [-0.2, -0.15) is 0 Å². The summed E-state index contributed by atoms with van der Waals surface area (Å²) in [5.74, 6) is 0. The maximum absolute atomic E-state index is 4.11. The summed E-state index contributed by atoms with van der Waals surface area (Å²) in [6.45, 7) is 18.2. The van der Waals surface area contributed by atoms with Crippen LogP contribution in [-0.2, 0) is 0 Å². The third-order valence-corrected chi connectivity index (χ3v) is 3.02. The van der Waals surface area contributed by atoms with Crippen molar-refractivity contribution in [2.75, 3.05) is 0 Å². The molecule has 0 amide bonds. The average molecular weight is 186 g/mol. The van der Waals surface area contributed by atoms with Crippen LogP contribution < -0.4 is 0 Å². The molecule has 0 aromatic rings. The highest BCUT2D eigenvalue weighted by Gasteiger charge is 2.35. The molecule has 0 atom stereocenters. The summed E-state index contributed by atoms with van der Waals surface area (Å²) in [5, 5.41) is 0. The lowest BCUT2D eigenvalue weighted by Gasteiger charge is -2.23. The van der Waals surface area contributed by atoms with Crippen molar-refractivity contribution in [1.82, 2.24) is 0 Å². The summed E-state index contributed by atoms with van der Waals surface area (Å²) < 4.78 is 0. The molecule has 14 heavy (non-hydrogen) atoms. The summed E-state index contributed by atoms with van der Waals surface area (Å²) >= 11 is 0. The third kappa shape index (κ3) is 1.31. The summed E-state index contributed by atoms with van der Waals surface area (Å²) in [5.41, 5.74) is 4.91. The lowest BCUT2D eigenvalue weighted by atomic mass is 9.81. The molecule has 0 aliphatic heterocycles. The van der Waals surface area contributed by atoms with Crippen LogP contribution in [0.25, 0.3) is 0 Å². The van der Waals surface area contributed by atoms with Crippen molar-refractivity contribution in [2.45, 2.75) is 20.8 Å². The van der Waals surface area contributed by atoms with Crippen LogP contribution in [0.15, 0.2) is 60.3 Å². The largest absolute Gasteiger partial charge is 0.0991 e. The molecular formula is C14H18. The van der Waals surface area contributed by atoms with E-state index in [0.29, 0.717) is 0 Å². The predicted octanol–water partition coefficient (Wildman–Crippen LogP) is 4.20. The molecule has 0 nitrogen and oxygen atoms in total. The highest BCUT2D eigenvalue weighted by Crippen LogP contribution is 2.49. The Labute approximate surface area is 87.0 Å². The van der Waals surface area contributed by atoms with Crippen LogP contribution in [0.1, 0.15) is 20.8 Å². The number of hydrogen-bond donors (Lipinski definition) is 0. The minimum Gasteiger partial charge on any atom is -0.0991 e. The number of rotatable bonds is 2. The predicted molar refractivity (Wildman–Crippen MR) is 64.1 cm³/mol. The van der Waals surface area contributed by atoms with Crippen LogP contribution in [0.2, 0.25) is 0 Å². The lowest BCUT2D eigenvalue weighted by Crippen LogP contribution is -2.11. The van der Waals surface area contributed by atoms with E-state index < -0.39 is 0 Å². The van der Waals surface area contributed by atoms with Gasteiger partial charge in [-0.25, -0.2) is 0 Å². The normalized spacial score (nSPS) is 23.1. The van der Waals surface area contributed by atoms with E-state index in [-0.39, 0.29) is 5.41 Å². The van der Waals surface area contributed by atoms with Gasteiger partial charge in [-0.3, -0.25) is 0 Å². The second-order valence-corrected chi connectivity index (χ2v) is 4.16. The summed E-state index contributed by atoms with van der Waals surface area (Å²) in [6, 6.07) is 0. The highest BCUT2D eigenvalue weighted by molar-refractivity contribution is 5.62. The first kappa shape index (κ1) is 10.8. The molecule has 1 rings (SSSR count). The van der Waals surface area contributed by atoms with Gasteiger partial charge in [0.2, 0.25) is 0 Å². The molecule has 74 valence electrons. The SMILES string of the molecule is C=C/C=C1\C(=C)C(C)=C(C=C)C1(C)C. The van der Waals surface area contributed by atoms with Crippen LogP contribution in [-0.4, -0.2) is 0 Å². The fourth-order valence-corrected chi connectivity index (χ4v) is 2.19. The quantitative estimate of drug-likeness (QED) is 0.606. The van der Waals surface area contributed by atoms with Crippen LogP contribution in [0.3, 0.4) is 0 Å². The van der Waals surface area contributed by atoms with Crippen molar-refractivity contribution in [3.63, 3.8) is 0 Å². The Hall–Kier alpha value is -1.30. The highest BCUT2D eigenvalue weighted by atomic mass is 14.4. The van der Waals surface area contributed by atoms with E-state index in [1.54, 1.807) is 0 Å². The molecule has 0 heteroatoms. The molecular weight excluding hydrogens is 168 g/mol. The van der Waals surface area contributed by atoms with Gasteiger partial charge in [-0.1, -0.05) is 51.8 Å². The summed E-state index contributed by atoms with van der Waals surface area (Å²) in [4.78, 5) is 0. The summed E-state index contributed by atoms with van der Waals surface area (Å²) in [6.07, 6.45) is 5.80. The summed E-state index contributed by atoms with van der Waals surface area (Å²) in [7, 11) is 0. The third-order valence-electron chi connectivity index (χ3n) is 3.02. The second kappa shape index (κ2) is 3.45. The minimum atomic E-state index is 0.0249. The monoisotopic (exact) mass is 186 g/mol. The molecule has 0 heterocycles. The van der Waals surface area contributed by atoms with Crippen LogP contribution in [0.5, 0.6) is 0 Å². The van der Waals surface area contributed by atoms with Crippen LogP contribution in [0, 0.1) is 5.41 Å². The van der Waals surface area contributed by atoms with E-state index in [4.69, 9.17) is 0 Å². The van der Waals surface area contributed by atoms with Crippen LogP contribution >= 0.6 is 0 Å². The molecule has 0 unspecified atom stereocenters. The van der Waals surface area contributed by atoms with Crippen molar-refractivity contribution < 1.29 is 0 Å². The topological polar surface area (TPSA) is 0 Å². The maximum atomic E-state index is 4.11. The molecule has 1 aliphatic carbocycles. The Morgan fingerprint density at radius 2 is 1.79 bits per heavy atom. The van der Waals surface area contributed by atoms with Gasteiger partial charge in [-0.15, -0.1) is 0 Å². The first-order valence-corrected chi connectivity index (χ1v) is 4.83. The molecule has 0 radical (unpaired) electrons. The Morgan fingerprint density at radius 3 is 2.14 bits per heavy atom. The fourth-order valence-electron chi connectivity index (χ4n) is 2.19. The van der Waals surface area contributed by atoms with Crippen molar-refractivity contribution in [3.05, 3.63) is 60.3 Å². The van der Waals surface area contributed by atoms with E-state index in [1.165, 1.54) is 16.7 Å². The average Bonchev–Trinajstić information content (AvgIpc) is 2.27. The minimum absolute atomic E-state index is 0.0249. The standard InChI is InChI=1S/C14H18/c1-7-9-13-11(4)10(3)12(8-2)14(13,5)6/h7-9H,1-2,4H2,3,5-6H3/b13-9+. The van der Waals surface area contributed by atoms with Gasteiger partial charge in [0.05, 0.1) is 0 Å². The fraction of sp³-hybridized carbons (Fsp3) is 0.286. The Kier molecular flexibility index (Phi) is 2.66. The Balaban J connectivity index is 3.38. The smallest absolute Gasteiger partial charge is 0.0154 e. The number of allylic oxidation sites excluding steroid dienone is 7. The van der Waals surface area contributed by atoms with E-state index in [9.17, 15) is 0 Å². The second-order valence-electron chi connectivity index (χ2n) is 4.16. The number of hydrogen-bond acceptors (Lipinski definition) is 0. The van der Waals surface area contributed by atoms with Gasteiger partial charge in [0, 0.05) is 5.41 Å². The van der Waals surface area contributed by atoms with Crippen molar-refractivity contribution in [2.24, 2.45) is 5.41 Å². The van der Waals surface area contributed by atoms with Gasteiger partial charge >= 0.3 is 0 Å². The molecule has 0 N–H and O–H groups in total. The van der Waals surface area contributed by atoms with Crippen molar-refractivity contribution in [1.29, 1.82) is 0 Å². The van der Waals surface area contributed by atoms with Gasteiger partial charge in [0.1, 0.15) is 0 Å². The lowest BCUT2D eigenvalue weighted by molar-refractivity contribution is 0.579. The van der Waals surface area contributed by atoms with Crippen molar-refractivity contribution in [3.8, 4) is 0 Å². The Morgan fingerprint density at radius 1 is 1.21 bits per heavy atom. The molecule has 0 saturated heterocycles. The van der Waals surface area contributed by atoms with Gasteiger partial charge in [-0.05, 0) is 29.2 Å². The zero-order valence-electron chi connectivity index (χ0n) is 9.35. The molecule has 0 fully saturated rings. The van der Waals surface area contributed by atoms with E-state index >= 15 is 0 Å². The van der Waals surface area contributed by atoms with Gasteiger partial charge in [0.15, 0.2) is 0 Å². The van der Waals surface area contributed by atoms with Crippen LogP contribution in [0.4, 0.5) is 0 Å². The van der Waals surface area contributed by atoms with Gasteiger partial charge < -0.3 is 0 Å². The zero-order chi connectivity index (χ0) is 10.9. The zero-order valence-corrected chi connectivity index (χ0v) is 9.35. The molecule has 0 aromatic heterocycles. The van der Waals surface area contributed by atoms with Gasteiger partial charge in [0.25, 0.3) is 0 Å². The van der Waals surface area contributed by atoms with E-state index in [2.05, 4.69) is 40.5 Å². The van der Waals surface area contributed by atoms with Crippen molar-refractivity contribution >= 4 is 0 Å². The molecule has 0 aromatic carbocycles. The first-order valence-electron chi connectivity index (χ1n) is 4.83. The van der Waals surface area contributed by atoms with E-state index in [0.717, 1.165) is 5.57 Å². The first-order chi connectivity index (χ1) is 6.46. The Bertz CT molecular complexity index is 359. The molecule has 0 saturated carbocycles. The molecule has 0 bridgehead atoms. The maximum Gasteiger partial charge on any atom is 0.0154 e. The molecule has 1 aliphatic rings. The van der Waals surface area contributed by atoms with E-state index in [1.807, 2.05) is 18.2 Å².